The molecule has 0 bridgehead atoms. The van der Waals surface area contributed by atoms with E-state index in [4.69, 9.17) is 5.11 Å². The minimum Gasteiger partial charge on any atom is -0.508 e. The third-order valence-electron chi connectivity index (χ3n) is 2.00. The van der Waals surface area contributed by atoms with Gasteiger partial charge in [0.25, 0.3) is 12.3 Å². The van der Waals surface area contributed by atoms with Crippen LogP contribution in [0, 0.1) is 0 Å². The van der Waals surface area contributed by atoms with Gasteiger partial charge >= 0.3 is 0 Å². The molecule has 18 heavy (non-hydrogen) atoms. The Hall–Kier alpha value is -1.89. The number of alkyl halides is 2. The molecule has 0 unspecified atom stereocenters. The monoisotopic (exact) mass is 261 g/mol. The zero-order valence-corrected chi connectivity index (χ0v) is 9.40. The molecule has 5 nitrogen and oxygen atoms in total. The van der Waals surface area contributed by atoms with E-state index in [1.807, 2.05) is 0 Å². The molecule has 1 aromatic carbocycles. The third-order valence-corrected chi connectivity index (χ3v) is 2.00. The molecule has 0 atom stereocenters. The molecule has 0 saturated carbocycles. The Balaban J connectivity index is 2.36. The first kappa shape index (κ1) is 14.2. The lowest BCUT2D eigenvalue weighted by Gasteiger charge is -2.07. The predicted molar refractivity (Wildman–Crippen MR) is 58.9 cm³/mol. The van der Waals surface area contributed by atoms with E-state index < -0.39 is 18.9 Å². The van der Waals surface area contributed by atoms with Crippen molar-refractivity contribution in [3.05, 3.63) is 23.8 Å². The number of aromatic hydroxyl groups is 2. The van der Waals surface area contributed by atoms with E-state index in [0.29, 0.717) is 0 Å². The van der Waals surface area contributed by atoms with Crippen LogP contribution in [0.5, 0.6) is 11.5 Å². The predicted octanol–water partition coefficient (Wildman–Crippen LogP) is 1.11. The first-order valence-corrected chi connectivity index (χ1v) is 5.16. The number of carbonyl (C=O) groups excluding carboxylic acids is 1. The quantitative estimate of drug-likeness (QED) is 0.670. The fraction of sp³-hybridized carbons (Fsp3) is 0.364. The fourth-order valence-corrected chi connectivity index (χ4v) is 1.22. The number of phenols is 2. The Labute approximate surface area is 102 Å². The maximum atomic E-state index is 11.7. The number of nitrogens with one attached hydrogen (secondary N) is 1. The van der Waals surface area contributed by atoms with Crippen molar-refractivity contribution in [2.45, 2.75) is 6.43 Å². The highest BCUT2D eigenvalue weighted by Gasteiger charge is 2.11. The number of rotatable bonds is 6. The number of phenolic OH excluding ortho intramolecular Hbond substituents is 2. The highest BCUT2D eigenvalue weighted by atomic mass is 19.3. The minimum atomic E-state index is -2.54. The standard InChI is InChI=1S/C11H13F2NO4/c12-10(13)6-18-4-3-14-11(17)8-2-1-7(15)5-9(8)16/h1-2,5,10,15-16H,3-4,6H2,(H,14,17). The normalized spacial score (nSPS) is 10.6. The van der Waals surface area contributed by atoms with E-state index in [9.17, 15) is 18.7 Å². The number of hydrogen-bond donors (Lipinski definition) is 3. The largest absolute Gasteiger partial charge is 0.508 e. The van der Waals surface area contributed by atoms with Crippen LogP contribution in [-0.4, -0.2) is 42.3 Å². The number of hydrogen-bond acceptors (Lipinski definition) is 4. The lowest BCUT2D eigenvalue weighted by molar-refractivity contribution is 0.0188. The Kier molecular flexibility index (Phi) is 5.31. The summed E-state index contributed by atoms with van der Waals surface area (Å²) >= 11 is 0. The van der Waals surface area contributed by atoms with Crippen molar-refractivity contribution < 1.29 is 28.5 Å². The molecule has 1 aromatic rings. The van der Waals surface area contributed by atoms with Crippen LogP contribution < -0.4 is 5.32 Å². The summed E-state index contributed by atoms with van der Waals surface area (Å²) in [5, 5.41) is 20.8. The van der Waals surface area contributed by atoms with Crippen molar-refractivity contribution in [3.8, 4) is 11.5 Å². The first-order valence-electron chi connectivity index (χ1n) is 5.16. The van der Waals surface area contributed by atoms with Crippen LogP contribution in [0.4, 0.5) is 8.78 Å². The van der Waals surface area contributed by atoms with Crippen molar-refractivity contribution in [2.24, 2.45) is 0 Å². The van der Waals surface area contributed by atoms with Crippen molar-refractivity contribution in [1.82, 2.24) is 5.32 Å². The molecular weight excluding hydrogens is 248 g/mol. The highest BCUT2D eigenvalue weighted by Crippen LogP contribution is 2.22. The average molecular weight is 261 g/mol. The summed E-state index contributed by atoms with van der Waals surface area (Å²) in [6, 6.07) is 3.53. The summed E-state index contributed by atoms with van der Waals surface area (Å²) in [4.78, 5) is 11.5. The van der Waals surface area contributed by atoms with E-state index in [-0.39, 0.29) is 30.2 Å². The average Bonchev–Trinajstić information content (AvgIpc) is 2.27. The van der Waals surface area contributed by atoms with E-state index in [2.05, 4.69) is 10.1 Å². The second-order valence-corrected chi connectivity index (χ2v) is 3.42. The molecule has 1 amide bonds. The van der Waals surface area contributed by atoms with Crippen LogP contribution in [0.15, 0.2) is 18.2 Å². The second kappa shape index (κ2) is 6.75. The Morgan fingerprint density at radius 2 is 2.11 bits per heavy atom. The topological polar surface area (TPSA) is 78.8 Å². The zero-order valence-electron chi connectivity index (χ0n) is 9.40. The summed E-state index contributed by atoms with van der Waals surface area (Å²) in [7, 11) is 0. The van der Waals surface area contributed by atoms with Crippen molar-refractivity contribution in [2.75, 3.05) is 19.8 Å². The Bertz CT molecular complexity index is 412. The maximum absolute atomic E-state index is 11.7. The van der Waals surface area contributed by atoms with E-state index in [0.717, 1.165) is 6.07 Å². The van der Waals surface area contributed by atoms with Crippen molar-refractivity contribution in [1.29, 1.82) is 0 Å². The van der Waals surface area contributed by atoms with Crippen LogP contribution in [-0.2, 0) is 4.74 Å². The summed E-state index contributed by atoms with van der Waals surface area (Å²) in [6.07, 6.45) is -2.54. The summed E-state index contributed by atoms with van der Waals surface area (Å²) < 4.78 is 28.0. The number of amides is 1. The summed E-state index contributed by atoms with van der Waals surface area (Å²) in [6.45, 7) is -0.679. The lowest BCUT2D eigenvalue weighted by atomic mass is 10.2. The van der Waals surface area contributed by atoms with Gasteiger partial charge < -0.3 is 20.3 Å². The van der Waals surface area contributed by atoms with Crippen LogP contribution in [0.3, 0.4) is 0 Å². The van der Waals surface area contributed by atoms with Gasteiger partial charge in [0.1, 0.15) is 18.1 Å². The molecule has 3 N–H and O–H groups in total. The van der Waals surface area contributed by atoms with Gasteiger partial charge in [-0.15, -0.1) is 0 Å². The van der Waals surface area contributed by atoms with Crippen LogP contribution in [0.25, 0.3) is 0 Å². The van der Waals surface area contributed by atoms with Crippen LogP contribution >= 0.6 is 0 Å². The van der Waals surface area contributed by atoms with Crippen molar-refractivity contribution >= 4 is 5.91 Å². The van der Waals surface area contributed by atoms with Gasteiger partial charge in [0.05, 0.1) is 12.2 Å². The smallest absolute Gasteiger partial charge is 0.261 e. The number of benzene rings is 1. The second-order valence-electron chi connectivity index (χ2n) is 3.42. The van der Waals surface area contributed by atoms with Crippen LogP contribution in [0.1, 0.15) is 10.4 Å². The molecule has 0 heterocycles. The Morgan fingerprint density at radius 1 is 1.39 bits per heavy atom. The van der Waals surface area contributed by atoms with Crippen LogP contribution in [0.2, 0.25) is 0 Å². The molecular formula is C11H13F2NO4. The third kappa shape index (κ3) is 4.54. The number of ether oxygens (including phenoxy) is 1. The van der Waals surface area contributed by atoms with Gasteiger partial charge in [-0.1, -0.05) is 0 Å². The summed E-state index contributed by atoms with van der Waals surface area (Å²) in [5.74, 6) is -1.10. The van der Waals surface area contributed by atoms with Gasteiger partial charge in [0.15, 0.2) is 0 Å². The van der Waals surface area contributed by atoms with E-state index in [1.165, 1.54) is 12.1 Å². The van der Waals surface area contributed by atoms with Gasteiger partial charge in [-0.05, 0) is 12.1 Å². The molecule has 0 radical (unpaired) electrons. The maximum Gasteiger partial charge on any atom is 0.261 e. The SMILES string of the molecule is O=C(NCCOCC(F)F)c1ccc(O)cc1O. The van der Waals surface area contributed by atoms with Gasteiger partial charge in [-0.3, -0.25) is 4.79 Å². The molecule has 0 fully saturated rings. The van der Waals surface area contributed by atoms with Gasteiger partial charge in [-0.2, -0.15) is 0 Å². The molecule has 0 aliphatic carbocycles. The molecule has 100 valence electrons. The Morgan fingerprint density at radius 3 is 2.72 bits per heavy atom. The molecule has 7 heteroatoms. The lowest BCUT2D eigenvalue weighted by Crippen LogP contribution is -2.27. The zero-order chi connectivity index (χ0) is 13.5. The number of halogens is 2. The van der Waals surface area contributed by atoms with E-state index in [1.54, 1.807) is 0 Å². The molecule has 0 aliphatic heterocycles. The summed E-state index contributed by atoms with van der Waals surface area (Å²) in [5.41, 5.74) is -0.0124. The first-order chi connectivity index (χ1) is 8.50. The van der Waals surface area contributed by atoms with Gasteiger partial charge in [-0.25, -0.2) is 8.78 Å². The van der Waals surface area contributed by atoms with E-state index >= 15 is 0 Å². The van der Waals surface area contributed by atoms with Gasteiger partial charge in [0.2, 0.25) is 0 Å². The molecule has 0 saturated heterocycles. The fourth-order valence-electron chi connectivity index (χ4n) is 1.22. The van der Waals surface area contributed by atoms with Gasteiger partial charge in [0, 0.05) is 12.6 Å². The molecule has 0 aromatic heterocycles. The van der Waals surface area contributed by atoms with Crippen molar-refractivity contribution in [3.63, 3.8) is 0 Å². The molecule has 0 spiro atoms. The molecule has 0 aliphatic rings. The minimum absolute atomic E-state index is 0.0124. The number of carbonyl (C=O) groups is 1. The molecule has 1 rings (SSSR count). The highest BCUT2D eigenvalue weighted by molar-refractivity contribution is 5.96.